The monoisotopic (exact) mass is 425 g/mol. The van der Waals surface area contributed by atoms with Gasteiger partial charge in [0.1, 0.15) is 5.75 Å². The second-order valence-electron chi connectivity index (χ2n) is 8.45. The summed E-state index contributed by atoms with van der Waals surface area (Å²) in [7, 11) is 1.67. The number of methoxy groups -OCH3 is 1. The van der Waals surface area contributed by atoms with Crippen molar-refractivity contribution in [2.75, 3.05) is 26.7 Å². The molecule has 1 aromatic heterocycles. The van der Waals surface area contributed by atoms with Gasteiger partial charge in [0.05, 0.1) is 13.7 Å². The van der Waals surface area contributed by atoms with Gasteiger partial charge in [0.25, 0.3) is 0 Å². The van der Waals surface area contributed by atoms with E-state index in [1.807, 2.05) is 32.0 Å². The molecule has 1 aromatic carbocycles. The quantitative estimate of drug-likeness (QED) is 0.625. The predicted octanol–water partition coefficient (Wildman–Crippen LogP) is 3.53. The number of nitrogens with one attached hydrogen (secondary N) is 1. The maximum Gasteiger partial charge on any atom is 0.219 e. The van der Waals surface area contributed by atoms with Gasteiger partial charge in [0.2, 0.25) is 5.91 Å². The summed E-state index contributed by atoms with van der Waals surface area (Å²) in [4.78, 5) is 27.0. The van der Waals surface area contributed by atoms with Crippen molar-refractivity contribution in [3.63, 3.8) is 0 Å². The van der Waals surface area contributed by atoms with Crippen molar-refractivity contribution in [2.24, 2.45) is 0 Å². The minimum absolute atomic E-state index is 0.0820. The molecule has 3 rings (SSSR count). The minimum Gasteiger partial charge on any atom is -0.497 e. The molecule has 0 radical (unpaired) electrons. The summed E-state index contributed by atoms with van der Waals surface area (Å²) in [5.74, 6) is 1.10. The van der Waals surface area contributed by atoms with Crippen LogP contribution in [0.1, 0.15) is 53.5 Å². The van der Waals surface area contributed by atoms with Crippen LogP contribution < -0.4 is 10.1 Å². The molecule has 31 heavy (non-hydrogen) atoms. The van der Waals surface area contributed by atoms with Crippen molar-refractivity contribution in [1.29, 1.82) is 0 Å². The lowest BCUT2D eigenvalue weighted by Crippen LogP contribution is -2.48. The van der Waals surface area contributed by atoms with Crippen LogP contribution in [0.25, 0.3) is 0 Å². The van der Waals surface area contributed by atoms with E-state index in [0.29, 0.717) is 13.0 Å². The van der Waals surface area contributed by atoms with Crippen LogP contribution in [0.4, 0.5) is 0 Å². The van der Waals surface area contributed by atoms with Gasteiger partial charge in [-0.15, -0.1) is 0 Å². The fourth-order valence-corrected chi connectivity index (χ4v) is 4.40. The number of piperidine rings is 1. The number of ether oxygens (including phenoxy) is 1. The number of likely N-dealkylation sites (tertiary alicyclic amines) is 1. The highest BCUT2D eigenvalue weighted by Gasteiger charge is 2.24. The molecule has 0 spiro atoms. The summed E-state index contributed by atoms with van der Waals surface area (Å²) in [5, 5.41) is 3.07. The van der Waals surface area contributed by atoms with Crippen LogP contribution in [0, 0.1) is 13.8 Å². The van der Waals surface area contributed by atoms with Gasteiger partial charge < -0.3 is 14.6 Å². The van der Waals surface area contributed by atoms with Crippen molar-refractivity contribution in [3.05, 3.63) is 52.8 Å². The van der Waals surface area contributed by atoms with Crippen molar-refractivity contribution in [1.82, 2.24) is 14.8 Å². The smallest absolute Gasteiger partial charge is 0.219 e. The second-order valence-corrected chi connectivity index (χ2v) is 8.45. The molecule has 2 heterocycles. The fraction of sp³-hybridized carbons (Fsp3) is 0.520. The number of carbonyl (C=O) groups excluding carboxylic acids is 2. The first-order valence-corrected chi connectivity index (χ1v) is 11.3. The third-order valence-corrected chi connectivity index (χ3v) is 6.22. The molecule has 168 valence electrons. The molecular weight excluding hydrogens is 390 g/mol. The summed E-state index contributed by atoms with van der Waals surface area (Å²) < 4.78 is 7.46. The highest BCUT2D eigenvalue weighted by Crippen LogP contribution is 2.19. The number of aromatic nitrogens is 1. The van der Waals surface area contributed by atoms with E-state index < -0.39 is 0 Å². The van der Waals surface area contributed by atoms with E-state index in [1.165, 1.54) is 5.56 Å². The Morgan fingerprint density at radius 1 is 1.19 bits per heavy atom. The molecule has 1 fully saturated rings. The summed E-state index contributed by atoms with van der Waals surface area (Å²) in [6.07, 6.45) is 3.38. The Labute approximate surface area is 185 Å². The summed E-state index contributed by atoms with van der Waals surface area (Å²) in [6, 6.07) is 10.3. The molecule has 2 aromatic rings. The predicted molar refractivity (Wildman–Crippen MR) is 123 cm³/mol. The number of carbonyl (C=O) groups is 2. The van der Waals surface area contributed by atoms with Crippen LogP contribution >= 0.6 is 0 Å². The van der Waals surface area contributed by atoms with Gasteiger partial charge in [-0.25, -0.2) is 0 Å². The maximum absolute atomic E-state index is 13.1. The molecule has 1 aliphatic rings. The molecule has 1 N–H and O–H groups in total. The summed E-state index contributed by atoms with van der Waals surface area (Å²) >= 11 is 0. The fourth-order valence-electron chi connectivity index (χ4n) is 4.40. The van der Waals surface area contributed by atoms with E-state index in [-0.39, 0.29) is 17.7 Å². The van der Waals surface area contributed by atoms with E-state index >= 15 is 0 Å². The third kappa shape index (κ3) is 5.97. The topological polar surface area (TPSA) is 63.6 Å². The lowest BCUT2D eigenvalue weighted by Gasteiger charge is -2.32. The van der Waals surface area contributed by atoms with Crippen molar-refractivity contribution in [2.45, 2.75) is 59.0 Å². The number of hydrogen-bond donors (Lipinski definition) is 1. The first-order chi connectivity index (χ1) is 14.9. The Hall–Kier alpha value is -2.60. The minimum atomic E-state index is 0.0820. The van der Waals surface area contributed by atoms with Gasteiger partial charge in [0.15, 0.2) is 5.78 Å². The zero-order chi connectivity index (χ0) is 22.4. The number of benzene rings is 1. The number of Topliss-reactive ketones (excluding diaryl/α,β-unsaturated/α-hetero) is 1. The number of nitrogens with zero attached hydrogens (tertiary/aromatic N) is 2. The number of amides is 1. The van der Waals surface area contributed by atoms with Crippen LogP contribution in [0.15, 0.2) is 30.3 Å². The normalized spacial score (nSPS) is 16.8. The van der Waals surface area contributed by atoms with Crippen LogP contribution in [0.5, 0.6) is 5.75 Å². The van der Waals surface area contributed by atoms with E-state index in [4.69, 9.17) is 4.74 Å². The standard InChI is InChI=1S/C25H35N3O3/c1-5-25(30)26-21-7-6-13-27(16-21)17-24(29)23-15-18(2)28(19(23)3)14-12-20-8-10-22(31-4)11-9-20/h8-11,15,21H,5-7,12-14,16-17H2,1-4H3,(H,26,30). The number of aryl methyl sites for hydroxylation is 2. The molecule has 0 aliphatic carbocycles. The molecule has 6 heteroatoms. The van der Waals surface area contributed by atoms with Crippen LogP contribution in [0.2, 0.25) is 0 Å². The molecule has 0 saturated carbocycles. The Morgan fingerprint density at radius 2 is 1.94 bits per heavy atom. The third-order valence-electron chi connectivity index (χ3n) is 6.22. The number of hydrogen-bond acceptors (Lipinski definition) is 4. The van der Waals surface area contributed by atoms with Crippen LogP contribution in [0.3, 0.4) is 0 Å². The molecule has 1 unspecified atom stereocenters. The lowest BCUT2D eigenvalue weighted by atomic mass is 10.0. The highest BCUT2D eigenvalue weighted by molar-refractivity contribution is 5.99. The zero-order valence-electron chi connectivity index (χ0n) is 19.2. The van der Waals surface area contributed by atoms with Gasteiger partial charge >= 0.3 is 0 Å². The summed E-state index contributed by atoms with van der Waals surface area (Å²) in [6.45, 7) is 8.86. The lowest BCUT2D eigenvalue weighted by molar-refractivity contribution is -0.121. The first-order valence-electron chi connectivity index (χ1n) is 11.3. The molecule has 1 saturated heterocycles. The average molecular weight is 426 g/mol. The van der Waals surface area contributed by atoms with Gasteiger partial charge in [-0.3, -0.25) is 14.5 Å². The Morgan fingerprint density at radius 3 is 2.61 bits per heavy atom. The van der Waals surface area contributed by atoms with Gasteiger partial charge in [-0.2, -0.15) is 0 Å². The molecule has 0 bridgehead atoms. The average Bonchev–Trinajstić information content (AvgIpc) is 3.06. The van der Waals surface area contributed by atoms with Crippen LogP contribution in [-0.2, 0) is 17.8 Å². The van der Waals surface area contributed by atoms with Crippen molar-refractivity contribution >= 4 is 11.7 Å². The molecule has 6 nitrogen and oxygen atoms in total. The van der Waals surface area contributed by atoms with Crippen molar-refractivity contribution in [3.8, 4) is 5.75 Å². The molecule has 1 aliphatic heterocycles. The van der Waals surface area contributed by atoms with Crippen LogP contribution in [-0.4, -0.2) is 53.9 Å². The Balaban J connectivity index is 1.60. The Bertz CT molecular complexity index is 901. The van der Waals surface area contributed by atoms with E-state index in [1.54, 1.807) is 7.11 Å². The number of rotatable bonds is 9. The first kappa shape index (κ1) is 23.1. The van der Waals surface area contributed by atoms with Gasteiger partial charge in [-0.05, 0) is 63.4 Å². The SMILES string of the molecule is CCC(=O)NC1CCCN(CC(=O)c2cc(C)n(CCc3ccc(OC)cc3)c2C)C1. The number of ketones is 1. The molecule has 1 atom stereocenters. The van der Waals surface area contributed by atoms with E-state index in [2.05, 4.69) is 33.8 Å². The summed E-state index contributed by atoms with van der Waals surface area (Å²) in [5.41, 5.74) is 4.20. The van der Waals surface area contributed by atoms with E-state index in [9.17, 15) is 9.59 Å². The van der Waals surface area contributed by atoms with Gasteiger partial charge in [0, 0.05) is 42.5 Å². The second kappa shape index (κ2) is 10.6. The van der Waals surface area contributed by atoms with E-state index in [0.717, 1.165) is 61.6 Å². The molecular formula is C25H35N3O3. The highest BCUT2D eigenvalue weighted by atomic mass is 16.5. The largest absolute Gasteiger partial charge is 0.497 e. The van der Waals surface area contributed by atoms with Crippen molar-refractivity contribution < 1.29 is 14.3 Å². The zero-order valence-corrected chi connectivity index (χ0v) is 19.2. The molecule has 1 amide bonds. The van der Waals surface area contributed by atoms with Gasteiger partial charge in [-0.1, -0.05) is 19.1 Å². The maximum atomic E-state index is 13.1. The Kier molecular flexibility index (Phi) is 7.91.